The van der Waals surface area contributed by atoms with Crippen LogP contribution in [0.3, 0.4) is 0 Å². The first-order valence-corrected chi connectivity index (χ1v) is 9.65. The molecule has 3 rings (SSSR count). The minimum absolute atomic E-state index is 0.579. The van der Waals surface area contributed by atoms with Gasteiger partial charge in [-0.05, 0) is 24.6 Å². The molecule has 0 amide bonds. The minimum atomic E-state index is 0.579. The summed E-state index contributed by atoms with van der Waals surface area (Å²) in [4.78, 5) is 0. The van der Waals surface area contributed by atoms with Gasteiger partial charge >= 0.3 is 0 Å². The van der Waals surface area contributed by atoms with Gasteiger partial charge in [0, 0.05) is 18.7 Å². The summed E-state index contributed by atoms with van der Waals surface area (Å²) >= 11 is 1.66. The summed E-state index contributed by atoms with van der Waals surface area (Å²) in [6.07, 6.45) is 0.792. The quantitative estimate of drug-likeness (QED) is 0.420. The van der Waals surface area contributed by atoms with Gasteiger partial charge in [-0.25, -0.2) is 0 Å². The standard InChI is InChI=1S/C20H23N3O2S/c1-3-23-19(15-16-9-5-4-6-10-16)21-22-20(23)26-14-13-25-18-12-8-7-11-17(18)24-2/h4-12H,3,13-15H2,1-2H3. The fraction of sp³-hybridized carbons (Fsp3) is 0.300. The first kappa shape index (κ1) is 18.3. The van der Waals surface area contributed by atoms with Crippen molar-refractivity contribution < 1.29 is 9.47 Å². The van der Waals surface area contributed by atoms with Gasteiger partial charge in [-0.3, -0.25) is 0 Å². The van der Waals surface area contributed by atoms with Crippen molar-refractivity contribution in [2.75, 3.05) is 19.5 Å². The minimum Gasteiger partial charge on any atom is -0.493 e. The second-order valence-electron chi connectivity index (χ2n) is 5.65. The van der Waals surface area contributed by atoms with E-state index in [1.54, 1.807) is 18.9 Å². The number of aromatic nitrogens is 3. The van der Waals surface area contributed by atoms with Crippen molar-refractivity contribution in [1.82, 2.24) is 14.8 Å². The van der Waals surface area contributed by atoms with Gasteiger partial charge in [-0.2, -0.15) is 0 Å². The molecule has 0 N–H and O–H groups in total. The third-order valence-corrected chi connectivity index (χ3v) is 4.89. The number of benzene rings is 2. The Hall–Kier alpha value is -2.47. The zero-order valence-corrected chi connectivity index (χ0v) is 15.9. The number of hydrogen-bond acceptors (Lipinski definition) is 5. The summed E-state index contributed by atoms with van der Waals surface area (Å²) in [6.45, 7) is 3.55. The molecule has 0 saturated heterocycles. The average molecular weight is 369 g/mol. The molecule has 2 aromatic carbocycles. The van der Waals surface area contributed by atoms with Crippen molar-refractivity contribution in [3.05, 3.63) is 66.0 Å². The summed E-state index contributed by atoms with van der Waals surface area (Å²) in [5.74, 6) is 3.30. The van der Waals surface area contributed by atoms with E-state index in [0.29, 0.717) is 6.61 Å². The Labute approximate surface area is 158 Å². The van der Waals surface area contributed by atoms with Gasteiger partial charge in [0.15, 0.2) is 16.7 Å². The van der Waals surface area contributed by atoms with E-state index in [-0.39, 0.29) is 0 Å². The lowest BCUT2D eigenvalue weighted by Gasteiger charge is -2.10. The van der Waals surface area contributed by atoms with E-state index >= 15 is 0 Å². The molecule has 0 bridgehead atoms. The van der Waals surface area contributed by atoms with E-state index in [4.69, 9.17) is 9.47 Å². The maximum atomic E-state index is 5.82. The highest BCUT2D eigenvalue weighted by atomic mass is 32.2. The average Bonchev–Trinajstić information content (AvgIpc) is 3.07. The summed E-state index contributed by atoms with van der Waals surface area (Å²) in [7, 11) is 1.65. The normalized spacial score (nSPS) is 10.7. The number of nitrogens with zero attached hydrogens (tertiary/aromatic N) is 3. The number of para-hydroxylation sites is 2. The first-order valence-electron chi connectivity index (χ1n) is 8.66. The second-order valence-corrected chi connectivity index (χ2v) is 6.72. The van der Waals surface area contributed by atoms with E-state index in [1.807, 2.05) is 42.5 Å². The van der Waals surface area contributed by atoms with Crippen LogP contribution in [0.5, 0.6) is 11.5 Å². The van der Waals surface area contributed by atoms with Gasteiger partial charge in [-0.15, -0.1) is 10.2 Å². The topological polar surface area (TPSA) is 49.2 Å². The molecule has 1 heterocycles. The Balaban J connectivity index is 1.56. The van der Waals surface area contributed by atoms with Crippen molar-refractivity contribution in [3.8, 4) is 11.5 Å². The maximum Gasteiger partial charge on any atom is 0.191 e. The molecule has 26 heavy (non-hydrogen) atoms. The summed E-state index contributed by atoms with van der Waals surface area (Å²) < 4.78 is 13.3. The van der Waals surface area contributed by atoms with Gasteiger partial charge in [-0.1, -0.05) is 54.2 Å². The van der Waals surface area contributed by atoms with E-state index in [0.717, 1.165) is 41.2 Å². The Morgan fingerprint density at radius 3 is 2.42 bits per heavy atom. The van der Waals surface area contributed by atoms with Gasteiger partial charge < -0.3 is 14.0 Å². The number of methoxy groups -OCH3 is 1. The molecule has 136 valence electrons. The van der Waals surface area contributed by atoms with Crippen molar-refractivity contribution in [2.45, 2.75) is 25.0 Å². The van der Waals surface area contributed by atoms with Crippen LogP contribution in [0.4, 0.5) is 0 Å². The molecular formula is C20H23N3O2S. The van der Waals surface area contributed by atoms with Crippen LogP contribution < -0.4 is 9.47 Å². The SMILES string of the molecule is CCn1c(Cc2ccccc2)nnc1SCCOc1ccccc1OC. The molecule has 0 aliphatic heterocycles. The van der Waals surface area contributed by atoms with Gasteiger partial charge in [0.1, 0.15) is 5.82 Å². The van der Waals surface area contributed by atoms with Gasteiger partial charge in [0.25, 0.3) is 0 Å². The lowest BCUT2D eigenvalue weighted by Crippen LogP contribution is -2.06. The molecule has 0 aliphatic carbocycles. The van der Waals surface area contributed by atoms with Gasteiger partial charge in [0.05, 0.1) is 13.7 Å². The molecule has 0 radical (unpaired) electrons. The van der Waals surface area contributed by atoms with E-state index in [9.17, 15) is 0 Å². The molecule has 6 heteroatoms. The molecule has 0 atom stereocenters. The Morgan fingerprint density at radius 2 is 1.69 bits per heavy atom. The van der Waals surface area contributed by atoms with Crippen LogP contribution in [0.15, 0.2) is 59.8 Å². The zero-order chi connectivity index (χ0) is 18.2. The lowest BCUT2D eigenvalue weighted by atomic mass is 10.1. The molecule has 3 aromatic rings. The van der Waals surface area contributed by atoms with Crippen molar-refractivity contribution in [1.29, 1.82) is 0 Å². The molecule has 0 aliphatic rings. The highest BCUT2D eigenvalue weighted by Gasteiger charge is 2.12. The van der Waals surface area contributed by atoms with Crippen LogP contribution in [0.25, 0.3) is 0 Å². The molecule has 0 saturated carbocycles. The Morgan fingerprint density at radius 1 is 0.962 bits per heavy atom. The number of ether oxygens (including phenoxy) is 2. The fourth-order valence-electron chi connectivity index (χ4n) is 2.68. The highest BCUT2D eigenvalue weighted by molar-refractivity contribution is 7.99. The summed E-state index contributed by atoms with van der Waals surface area (Å²) in [5.41, 5.74) is 1.24. The van der Waals surface area contributed by atoms with Crippen molar-refractivity contribution >= 4 is 11.8 Å². The lowest BCUT2D eigenvalue weighted by molar-refractivity contribution is 0.313. The fourth-order valence-corrected chi connectivity index (χ4v) is 3.51. The number of thioether (sulfide) groups is 1. The van der Waals surface area contributed by atoms with Crippen LogP contribution >= 0.6 is 11.8 Å². The first-order chi connectivity index (χ1) is 12.8. The largest absolute Gasteiger partial charge is 0.493 e. The summed E-state index contributed by atoms with van der Waals surface area (Å²) in [6, 6.07) is 18.0. The number of hydrogen-bond donors (Lipinski definition) is 0. The van der Waals surface area contributed by atoms with Crippen LogP contribution in [-0.2, 0) is 13.0 Å². The second kappa shape index (κ2) is 9.29. The maximum absolute atomic E-state index is 5.82. The van der Waals surface area contributed by atoms with Crippen LogP contribution in [-0.4, -0.2) is 34.2 Å². The van der Waals surface area contributed by atoms with Crippen molar-refractivity contribution in [3.63, 3.8) is 0 Å². The monoisotopic (exact) mass is 369 g/mol. The Bertz CT molecular complexity index is 821. The predicted octanol–water partition coefficient (Wildman–Crippen LogP) is 4.07. The molecule has 0 spiro atoms. The third kappa shape index (κ3) is 4.58. The third-order valence-electron chi connectivity index (χ3n) is 3.96. The molecule has 5 nitrogen and oxygen atoms in total. The van der Waals surface area contributed by atoms with Crippen LogP contribution in [0.2, 0.25) is 0 Å². The Kier molecular flexibility index (Phi) is 6.55. The van der Waals surface area contributed by atoms with Gasteiger partial charge in [0.2, 0.25) is 0 Å². The van der Waals surface area contributed by atoms with E-state index < -0.39 is 0 Å². The predicted molar refractivity (Wildman–Crippen MR) is 104 cm³/mol. The molecular weight excluding hydrogens is 346 g/mol. The smallest absolute Gasteiger partial charge is 0.191 e. The molecule has 0 fully saturated rings. The van der Waals surface area contributed by atoms with E-state index in [1.165, 1.54) is 5.56 Å². The van der Waals surface area contributed by atoms with E-state index in [2.05, 4.69) is 33.8 Å². The van der Waals surface area contributed by atoms with Crippen molar-refractivity contribution in [2.24, 2.45) is 0 Å². The van der Waals surface area contributed by atoms with Crippen LogP contribution in [0, 0.1) is 0 Å². The molecule has 1 aromatic heterocycles. The highest BCUT2D eigenvalue weighted by Crippen LogP contribution is 2.26. The summed E-state index contributed by atoms with van der Waals surface area (Å²) in [5, 5.41) is 9.67. The number of rotatable bonds is 9. The zero-order valence-electron chi connectivity index (χ0n) is 15.1. The van der Waals surface area contributed by atoms with Crippen LogP contribution in [0.1, 0.15) is 18.3 Å². The molecule has 0 unspecified atom stereocenters.